The van der Waals surface area contributed by atoms with Crippen molar-refractivity contribution in [1.82, 2.24) is 9.88 Å². The molecular weight excluding hydrogens is 263 g/mol. The lowest BCUT2D eigenvalue weighted by atomic mass is 10.1. The fraction of sp³-hybridized carbons (Fsp3) is 0.222. The molecule has 0 aliphatic heterocycles. The summed E-state index contributed by atoms with van der Waals surface area (Å²) in [5, 5.41) is 4.52. The summed E-state index contributed by atoms with van der Waals surface area (Å²) in [5.41, 5.74) is 3.11. The summed E-state index contributed by atoms with van der Waals surface area (Å²) in [6.07, 6.45) is 2.02. The first kappa shape index (κ1) is 13.8. The van der Waals surface area contributed by atoms with Gasteiger partial charge >= 0.3 is 0 Å². The Hall–Kier alpha value is -2.13. The lowest BCUT2D eigenvalue weighted by Crippen LogP contribution is -2.11. The fourth-order valence-corrected chi connectivity index (χ4v) is 2.56. The molecule has 1 aromatic heterocycles. The molecule has 21 heavy (non-hydrogen) atoms. The maximum atomic E-state index is 13.8. The zero-order valence-electron chi connectivity index (χ0n) is 12.1. The van der Waals surface area contributed by atoms with Crippen molar-refractivity contribution in [3.8, 4) is 0 Å². The number of benzene rings is 2. The van der Waals surface area contributed by atoms with Crippen molar-refractivity contribution in [2.24, 2.45) is 0 Å². The average molecular weight is 282 g/mol. The number of halogens is 1. The molecule has 0 atom stereocenters. The Morgan fingerprint density at radius 3 is 2.76 bits per heavy atom. The number of rotatable bonds is 5. The molecule has 0 saturated heterocycles. The largest absolute Gasteiger partial charge is 0.343 e. The van der Waals surface area contributed by atoms with Crippen LogP contribution in [0, 0.1) is 5.82 Å². The molecule has 0 aliphatic carbocycles. The van der Waals surface area contributed by atoms with Crippen LogP contribution >= 0.6 is 0 Å². The molecule has 3 aromatic rings. The molecular formula is C18H19FN2. The van der Waals surface area contributed by atoms with Crippen LogP contribution in [0.3, 0.4) is 0 Å². The maximum Gasteiger partial charge on any atom is 0.128 e. The quantitative estimate of drug-likeness (QED) is 0.750. The monoisotopic (exact) mass is 282 g/mol. The van der Waals surface area contributed by atoms with Gasteiger partial charge in [0, 0.05) is 23.8 Å². The standard InChI is InChI=1S/C18H19FN2/c1-2-20-12-14-7-8-15-9-10-21(18(15)11-14)13-16-5-3-4-6-17(16)19/h3-11,20H,2,12-13H2,1H3. The molecule has 0 radical (unpaired) electrons. The first-order valence-corrected chi connectivity index (χ1v) is 7.30. The topological polar surface area (TPSA) is 17.0 Å². The van der Waals surface area contributed by atoms with Gasteiger partial charge in [0.05, 0.1) is 6.54 Å². The predicted octanol–water partition coefficient (Wildman–Crippen LogP) is 3.94. The number of aromatic nitrogens is 1. The van der Waals surface area contributed by atoms with Gasteiger partial charge in [-0.05, 0) is 35.7 Å². The highest BCUT2D eigenvalue weighted by molar-refractivity contribution is 5.81. The minimum Gasteiger partial charge on any atom is -0.343 e. The van der Waals surface area contributed by atoms with Crippen LogP contribution in [-0.4, -0.2) is 11.1 Å². The molecule has 1 N–H and O–H groups in total. The molecule has 0 saturated carbocycles. The first-order valence-electron chi connectivity index (χ1n) is 7.30. The van der Waals surface area contributed by atoms with Crippen LogP contribution in [0.25, 0.3) is 10.9 Å². The molecule has 0 spiro atoms. The number of nitrogens with zero attached hydrogens (tertiary/aromatic N) is 1. The van der Waals surface area contributed by atoms with Gasteiger partial charge in [0.1, 0.15) is 5.82 Å². The van der Waals surface area contributed by atoms with Crippen molar-refractivity contribution >= 4 is 10.9 Å². The SMILES string of the molecule is CCNCc1ccc2ccn(Cc3ccccc3F)c2c1. The second-order valence-electron chi connectivity index (χ2n) is 5.21. The van der Waals surface area contributed by atoms with Gasteiger partial charge in [0.25, 0.3) is 0 Å². The molecule has 3 heteroatoms. The zero-order chi connectivity index (χ0) is 14.7. The summed E-state index contributed by atoms with van der Waals surface area (Å²) in [4.78, 5) is 0. The highest BCUT2D eigenvalue weighted by atomic mass is 19.1. The predicted molar refractivity (Wildman–Crippen MR) is 84.8 cm³/mol. The maximum absolute atomic E-state index is 13.8. The van der Waals surface area contributed by atoms with Crippen molar-refractivity contribution in [3.63, 3.8) is 0 Å². The number of hydrogen-bond acceptors (Lipinski definition) is 1. The van der Waals surface area contributed by atoms with E-state index in [-0.39, 0.29) is 5.82 Å². The molecule has 0 amide bonds. The van der Waals surface area contributed by atoms with Crippen molar-refractivity contribution in [1.29, 1.82) is 0 Å². The summed E-state index contributed by atoms with van der Waals surface area (Å²) in [7, 11) is 0. The molecule has 2 nitrogen and oxygen atoms in total. The minimum atomic E-state index is -0.150. The summed E-state index contributed by atoms with van der Waals surface area (Å²) >= 11 is 0. The van der Waals surface area contributed by atoms with E-state index < -0.39 is 0 Å². The van der Waals surface area contributed by atoms with Gasteiger partial charge in [0.15, 0.2) is 0 Å². The van der Waals surface area contributed by atoms with Crippen molar-refractivity contribution in [2.45, 2.75) is 20.0 Å². The van der Waals surface area contributed by atoms with E-state index >= 15 is 0 Å². The Morgan fingerprint density at radius 1 is 1.10 bits per heavy atom. The van der Waals surface area contributed by atoms with Gasteiger partial charge in [-0.1, -0.05) is 37.3 Å². The third-order valence-corrected chi connectivity index (χ3v) is 3.72. The van der Waals surface area contributed by atoms with Crippen LogP contribution < -0.4 is 5.32 Å². The van der Waals surface area contributed by atoms with Crippen LogP contribution in [-0.2, 0) is 13.1 Å². The van der Waals surface area contributed by atoms with E-state index in [0.717, 1.165) is 18.6 Å². The van der Waals surface area contributed by atoms with Crippen LogP contribution in [0.15, 0.2) is 54.7 Å². The summed E-state index contributed by atoms with van der Waals surface area (Å²) < 4.78 is 15.9. The van der Waals surface area contributed by atoms with E-state index in [0.29, 0.717) is 12.1 Å². The van der Waals surface area contributed by atoms with Crippen LogP contribution in [0.2, 0.25) is 0 Å². The van der Waals surface area contributed by atoms with Crippen molar-refractivity contribution in [2.75, 3.05) is 6.54 Å². The van der Waals surface area contributed by atoms with E-state index in [4.69, 9.17) is 0 Å². The third-order valence-electron chi connectivity index (χ3n) is 3.72. The van der Waals surface area contributed by atoms with Gasteiger partial charge in [-0.2, -0.15) is 0 Å². The fourth-order valence-electron chi connectivity index (χ4n) is 2.56. The summed E-state index contributed by atoms with van der Waals surface area (Å²) in [5.74, 6) is -0.150. The number of hydrogen-bond donors (Lipinski definition) is 1. The summed E-state index contributed by atoms with van der Waals surface area (Å²) in [6, 6.07) is 15.5. The highest BCUT2D eigenvalue weighted by Crippen LogP contribution is 2.20. The molecule has 2 aromatic carbocycles. The molecule has 0 aliphatic rings. The van der Waals surface area contributed by atoms with E-state index in [2.05, 4.69) is 41.1 Å². The van der Waals surface area contributed by atoms with Crippen LogP contribution in [0.4, 0.5) is 4.39 Å². The first-order chi connectivity index (χ1) is 10.3. The second-order valence-corrected chi connectivity index (χ2v) is 5.21. The van der Waals surface area contributed by atoms with Crippen molar-refractivity contribution in [3.05, 3.63) is 71.7 Å². The number of nitrogens with one attached hydrogen (secondary N) is 1. The lowest BCUT2D eigenvalue weighted by Gasteiger charge is -2.08. The third kappa shape index (κ3) is 2.98. The molecule has 3 rings (SSSR count). The lowest BCUT2D eigenvalue weighted by molar-refractivity contribution is 0.602. The van der Waals surface area contributed by atoms with Gasteiger partial charge in [-0.25, -0.2) is 4.39 Å². The van der Waals surface area contributed by atoms with Crippen LogP contribution in [0.5, 0.6) is 0 Å². The molecule has 0 fully saturated rings. The molecule has 1 heterocycles. The number of fused-ring (bicyclic) bond motifs is 1. The highest BCUT2D eigenvalue weighted by Gasteiger charge is 2.06. The second kappa shape index (κ2) is 6.10. The van der Waals surface area contributed by atoms with E-state index in [1.807, 2.05) is 18.3 Å². The Morgan fingerprint density at radius 2 is 1.95 bits per heavy atom. The smallest absolute Gasteiger partial charge is 0.128 e. The van der Waals surface area contributed by atoms with E-state index in [9.17, 15) is 4.39 Å². The van der Waals surface area contributed by atoms with Gasteiger partial charge in [0.2, 0.25) is 0 Å². The minimum absolute atomic E-state index is 0.150. The summed E-state index contributed by atoms with van der Waals surface area (Å²) in [6.45, 7) is 4.46. The Bertz CT molecular complexity index is 746. The Kier molecular flexibility index (Phi) is 4.02. The normalized spacial score (nSPS) is 11.1. The van der Waals surface area contributed by atoms with E-state index in [1.165, 1.54) is 17.0 Å². The average Bonchev–Trinajstić information content (AvgIpc) is 2.90. The Balaban J connectivity index is 1.93. The van der Waals surface area contributed by atoms with Crippen LogP contribution in [0.1, 0.15) is 18.1 Å². The van der Waals surface area contributed by atoms with Crippen molar-refractivity contribution < 1.29 is 4.39 Å². The van der Waals surface area contributed by atoms with Gasteiger partial charge < -0.3 is 9.88 Å². The van der Waals surface area contributed by atoms with E-state index in [1.54, 1.807) is 6.07 Å². The van der Waals surface area contributed by atoms with Gasteiger partial charge in [-0.15, -0.1) is 0 Å². The van der Waals surface area contributed by atoms with Gasteiger partial charge in [-0.3, -0.25) is 0 Å². The Labute approximate surface area is 124 Å². The molecule has 108 valence electrons. The zero-order valence-corrected chi connectivity index (χ0v) is 12.1. The molecule has 0 unspecified atom stereocenters. The molecule has 0 bridgehead atoms.